The molecule has 0 spiro atoms. The largest absolute Gasteiger partial charge is 0.364 e. The molecular weight excluding hydrogens is 236 g/mol. The molecule has 0 saturated carbocycles. The van der Waals surface area contributed by atoms with Gasteiger partial charge in [-0.1, -0.05) is 6.08 Å². The second kappa shape index (κ2) is 5.69. The first-order valence-corrected chi connectivity index (χ1v) is 6.17. The van der Waals surface area contributed by atoms with Crippen LogP contribution >= 0.6 is 0 Å². The Labute approximate surface area is 108 Å². The van der Waals surface area contributed by atoms with E-state index in [-0.39, 0.29) is 0 Å². The van der Waals surface area contributed by atoms with Gasteiger partial charge in [0.15, 0.2) is 0 Å². The Bertz CT molecular complexity index is 321. The molecule has 1 aliphatic rings. The van der Waals surface area contributed by atoms with Crippen LogP contribution in [0.3, 0.4) is 0 Å². The van der Waals surface area contributed by atoms with Crippen molar-refractivity contribution in [3.05, 3.63) is 24.6 Å². The van der Waals surface area contributed by atoms with Crippen molar-refractivity contribution < 1.29 is 8.78 Å². The Balaban J connectivity index is 2.83. The lowest BCUT2D eigenvalue weighted by molar-refractivity contribution is -0.0931. The Morgan fingerprint density at radius 2 is 2.11 bits per heavy atom. The highest BCUT2D eigenvalue weighted by molar-refractivity contribution is 5.13. The summed E-state index contributed by atoms with van der Waals surface area (Å²) in [6, 6.07) is -0.876. The predicted molar refractivity (Wildman–Crippen MR) is 70.1 cm³/mol. The molecule has 0 amide bonds. The van der Waals surface area contributed by atoms with Gasteiger partial charge >= 0.3 is 0 Å². The van der Waals surface area contributed by atoms with E-state index in [1.54, 1.807) is 18.1 Å². The van der Waals surface area contributed by atoms with Crippen LogP contribution in [0.25, 0.3) is 0 Å². The highest BCUT2D eigenvalue weighted by Gasteiger charge is 2.43. The third-order valence-electron chi connectivity index (χ3n) is 3.11. The molecule has 104 valence electrons. The quantitative estimate of drug-likeness (QED) is 0.536. The Morgan fingerprint density at radius 3 is 2.56 bits per heavy atom. The third-order valence-corrected chi connectivity index (χ3v) is 3.11. The van der Waals surface area contributed by atoms with E-state index in [0.29, 0.717) is 0 Å². The van der Waals surface area contributed by atoms with Gasteiger partial charge in [-0.3, -0.25) is 5.01 Å². The minimum absolute atomic E-state index is 0.721. The zero-order valence-electron chi connectivity index (χ0n) is 11.7. The van der Waals surface area contributed by atoms with Crippen LogP contribution in [-0.4, -0.2) is 54.6 Å². The summed E-state index contributed by atoms with van der Waals surface area (Å²) in [5, 5.41) is 3.53. The number of hydrogen-bond donors (Lipinski definition) is 0. The molecule has 0 N–H and O–H groups in total. The SMILES string of the molecule is C=CCCCN1C(N(C)C)=CC(C(C)(F)F)N1C. The zero-order valence-corrected chi connectivity index (χ0v) is 11.7. The van der Waals surface area contributed by atoms with Crippen LogP contribution in [0.5, 0.6) is 0 Å². The predicted octanol–water partition coefficient (Wildman–Crippen LogP) is 2.54. The maximum Gasteiger partial charge on any atom is 0.266 e. The van der Waals surface area contributed by atoms with E-state index >= 15 is 0 Å². The van der Waals surface area contributed by atoms with Crippen LogP contribution in [0.2, 0.25) is 0 Å². The summed E-state index contributed by atoms with van der Waals surface area (Å²) in [4.78, 5) is 1.87. The van der Waals surface area contributed by atoms with Gasteiger partial charge in [-0.2, -0.15) is 0 Å². The number of nitrogens with zero attached hydrogens (tertiary/aromatic N) is 3. The smallest absolute Gasteiger partial charge is 0.266 e. The highest BCUT2D eigenvalue weighted by Crippen LogP contribution is 2.32. The molecular formula is C13H23F2N3. The molecule has 1 heterocycles. The van der Waals surface area contributed by atoms with E-state index in [1.165, 1.54) is 0 Å². The van der Waals surface area contributed by atoms with Gasteiger partial charge in [0.05, 0.1) is 0 Å². The number of halogens is 2. The van der Waals surface area contributed by atoms with Gasteiger partial charge in [-0.05, 0) is 18.9 Å². The van der Waals surface area contributed by atoms with Crippen molar-refractivity contribution >= 4 is 0 Å². The third kappa shape index (κ3) is 3.22. The van der Waals surface area contributed by atoms with Crippen molar-refractivity contribution in [1.29, 1.82) is 0 Å². The van der Waals surface area contributed by atoms with Crippen LogP contribution in [0, 0.1) is 0 Å². The van der Waals surface area contributed by atoms with Gasteiger partial charge in [0, 0.05) is 34.6 Å². The molecule has 0 aromatic heterocycles. The molecule has 0 aromatic carbocycles. The van der Waals surface area contributed by atoms with Crippen molar-refractivity contribution in [2.75, 3.05) is 27.7 Å². The average Bonchev–Trinajstić information content (AvgIpc) is 2.56. The van der Waals surface area contributed by atoms with Crippen molar-refractivity contribution in [2.45, 2.75) is 31.7 Å². The first kappa shape index (κ1) is 15.0. The molecule has 1 rings (SSSR count). The molecule has 1 aliphatic heterocycles. The van der Waals surface area contributed by atoms with E-state index in [9.17, 15) is 8.78 Å². The topological polar surface area (TPSA) is 9.72 Å². The van der Waals surface area contributed by atoms with E-state index in [0.717, 1.165) is 32.1 Å². The fourth-order valence-electron chi connectivity index (χ4n) is 2.16. The summed E-state index contributed by atoms with van der Waals surface area (Å²) in [6.45, 7) is 5.36. The maximum atomic E-state index is 13.5. The molecule has 0 aromatic rings. The molecule has 1 atom stereocenters. The number of hydrazine groups is 1. The minimum atomic E-state index is -2.75. The van der Waals surface area contributed by atoms with Crippen molar-refractivity contribution in [3.63, 3.8) is 0 Å². The van der Waals surface area contributed by atoms with E-state index < -0.39 is 12.0 Å². The molecule has 18 heavy (non-hydrogen) atoms. The van der Waals surface area contributed by atoms with E-state index in [1.807, 2.05) is 30.1 Å². The molecule has 0 saturated heterocycles. The Morgan fingerprint density at radius 1 is 1.50 bits per heavy atom. The zero-order chi connectivity index (χ0) is 13.9. The number of allylic oxidation sites excluding steroid dienone is 1. The molecule has 0 aliphatic carbocycles. The van der Waals surface area contributed by atoms with Crippen molar-refractivity contribution in [2.24, 2.45) is 0 Å². The lowest BCUT2D eigenvalue weighted by Crippen LogP contribution is -2.47. The van der Waals surface area contributed by atoms with Crippen LogP contribution in [0.4, 0.5) is 8.78 Å². The van der Waals surface area contributed by atoms with Crippen LogP contribution in [0.1, 0.15) is 19.8 Å². The van der Waals surface area contributed by atoms with Gasteiger partial charge in [0.2, 0.25) is 0 Å². The second-order valence-corrected chi connectivity index (χ2v) is 4.95. The monoisotopic (exact) mass is 259 g/mol. The van der Waals surface area contributed by atoms with E-state index in [4.69, 9.17) is 0 Å². The van der Waals surface area contributed by atoms with E-state index in [2.05, 4.69) is 6.58 Å². The van der Waals surface area contributed by atoms with Gasteiger partial charge in [-0.25, -0.2) is 13.8 Å². The fraction of sp³-hybridized carbons (Fsp3) is 0.692. The van der Waals surface area contributed by atoms with Gasteiger partial charge in [-0.15, -0.1) is 6.58 Å². The number of unbranched alkanes of at least 4 members (excludes halogenated alkanes) is 1. The van der Waals surface area contributed by atoms with Crippen molar-refractivity contribution in [1.82, 2.24) is 14.9 Å². The lowest BCUT2D eigenvalue weighted by atomic mass is 10.1. The fourth-order valence-corrected chi connectivity index (χ4v) is 2.16. The first-order chi connectivity index (χ1) is 8.29. The summed E-state index contributed by atoms with van der Waals surface area (Å²) in [6.07, 6.45) is 5.27. The highest BCUT2D eigenvalue weighted by atomic mass is 19.3. The van der Waals surface area contributed by atoms with Gasteiger partial charge < -0.3 is 4.90 Å². The standard InChI is InChI=1S/C13H23F2N3/c1-6-7-8-9-18-12(16(3)4)10-11(17(18)5)13(2,14)15/h6,10-11H,1,7-9H2,2-5H3. The Hall–Kier alpha value is -1.10. The summed E-state index contributed by atoms with van der Waals surface area (Å²) in [7, 11) is 5.45. The second-order valence-electron chi connectivity index (χ2n) is 4.95. The molecule has 0 radical (unpaired) electrons. The summed E-state index contributed by atoms with van der Waals surface area (Å²) in [5.74, 6) is -1.92. The Kier molecular flexibility index (Phi) is 4.73. The molecule has 0 bridgehead atoms. The summed E-state index contributed by atoms with van der Waals surface area (Å²) in [5.41, 5.74) is 0. The number of likely N-dealkylation sites (N-methyl/N-ethyl adjacent to an activating group) is 1. The molecule has 5 heteroatoms. The first-order valence-electron chi connectivity index (χ1n) is 6.17. The van der Waals surface area contributed by atoms with Crippen LogP contribution in [0.15, 0.2) is 24.6 Å². The summed E-state index contributed by atoms with van der Waals surface area (Å²) >= 11 is 0. The molecule has 3 nitrogen and oxygen atoms in total. The minimum Gasteiger partial charge on any atom is -0.364 e. The van der Waals surface area contributed by atoms with Gasteiger partial charge in [0.1, 0.15) is 11.9 Å². The van der Waals surface area contributed by atoms with Gasteiger partial charge in [0.25, 0.3) is 5.92 Å². The van der Waals surface area contributed by atoms with Crippen LogP contribution in [-0.2, 0) is 0 Å². The number of alkyl halides is 2. The lowest BCUT2D eigenvalue weighted by Gasteiger charge is -2.35. The number of rotatable bonds is 6. The normalized spacial score (nSPS) is 21.1. The van der Waals surface area contributed by atoms with Crippen LogP contribution < -0.4 is 0 Å². The van der Waals surface area contributed by atoms with Crippen molar-refractivity contribution in [3.8, 4) is 0 Å². The average molecular weight is 259 g/mol. The summed E-state index contributed by atoms with van der Waals surface area (Å²) < 4.78 is 27.1. The number of hydrogen-bond acceptors (Lipinski definition) is 3. The molecule has 0 fully saturated rings. The maximum absolute atomic E-state index is 13.5. The molecule has 1 unspecified atom stereocenters.